The van der Waals surface area contributed by atoms with Crippen LogP contribution in [0.1, 0.15) is 18.5 Å². The summed E-state index contributed by atoms with van der Waals surface area (Å²) >= 11 is 0. The minimum absolute atomic E-state index is 0.302. The van der Waals surface area contributed by atoms with Gasteiger partial charge in [0.2, 0.25) is 6.79 Å². The Bertz CT molecular complexity index is 962. The highest BCUT2D eigenvalue weighted by atomic mass is 16.7. The summed E-state index contributed by atoms with van der Waals surface area (Å²) in [6, 6.07) is 14.9. The first-order valence-corrected chi connectivity index (χ1v) is 8.84. The lowest BCUT2D eigenvalue weighted by Crippen LogP contribution is -2.18. The molecule has 1 fully saturated rings. The van der Waals surface area contributed by atoms with Gasteiger partial charge in [0.15, 0.2) is 11.5 Å². The Morgan fingerprint density at radius 1 is 0.880 bits per heavy atom. The van der Waals surface area contributed by atoms with Crippen molar-refractivity contribution in [3.05, 3.63) is 48.2 Å². The average molecular weight is 332 g/mol. The van der Waals surface area contributed by atoms with Gasteiger partial charge in [-0.2, -0.15) is 0 Å². The lowest BCUT2D eigenvalue weighted by molar-refractivity contribution is 0.174. The molecule has 25 heavy (non-hydrogen) atoms. The van der Waals surface area contributed by atoms with E-state index in [0.29, 0.717) is 6.79 Å². The van der Waals surface area contributed by atoms with E-state index in [1.165, 1.54) is 23.9 Å². The molecule has 0 saturated carbocycles. The van der Waals surface area contributed by atoms with Crippen LogP contribution in [0.3, 0.4) is 0 Å². The fourth-order valence-electron chi connectivity index (χ4n) is 3.81. The Balaban J connectivity index is 1.62. The van der Waals surface area contributed by atoms with Crippen LogP contribution in [0.5, 0.6) is 11.5 Å². The number of pyridine rings is 1. The van der Waals surface area contributed by atoms with Gasteiger partial charge >= 0.3 is 0 Å². The van der Waals surface area contributed by atoms with Crippen LogP contribution in [0.25, 0.3) is 22.0 Å². The van der Waals surface area contributed by atoms with E-state index in [4.69, 9.17) is 14.5 Å². The molecule has 0 bridgehead atoms. The molecule has 5 rings (SSSR count). The quantitative estimate of drug-likeness (QED) is 0.690. The van der Waals surface area contributed by atoms with Crippen molar-refractivity contribution in [2.45, 2.75) is 19.8 Å². The molecule has 0 N–H and O–H groups in total. The predicted molar refractivity (Wildman–Crippen MR) is 99.5 cm³/mol. The molecule has 0 amide bonds. The maximum atomic E-state index is 5.51. The number of fused-ring (bicyclic) bond motifs is 2. The van der Waals surface area contributed by atoms with Gasteiger partial charge in [-0.3, -0.25) is 4.98 Å². The minimum Gasteiger partial charge on any atom is -0.454 e. The molecule has 1 aromatic heterocycles. The number of hydrogen-bond acceptors (Lipinski definition) is 4. The SMILES string of the molecule is Cc1cc(N2CCCC2)c2ccc(-c3ccc4c(c3)OCO4)cc2n1. The summed E-state index contributed by atoms with van der Waals surface area (Å²) in [5, 5.41) is 1.23. The fourth-order valence-corrected chi connectivity index (χ4v) is 3.81. The largest absolute Gasteiger partial charge is 0.454 e. The fraction of sp³-hybridized carbons (Fsp3) is 0.286. The second kappa shape index (κ2) is 5.66. The Morgan fingerprint density at radius 3 is 2.52 bits per heavy atom. The van der Waals surface area contributed by atoms with E-state index in [2.05, 4.69) is 42.2 Å². The summed E-state index contributed by atoms with van der Waals surface area (Å²) in [6.45, 7) is 4.66. The summed E-state index contributed by atoms with van der Waals surface area (Å²) < 4.78 is 10.9. The van der Waals surface area contributed by atoms with Crippen LogP contribution in [0.15, 0.2) is 42.5 Å². The first-order chi connectivity index (χ1) is 12.3. The molecule has 0 aliphatic carbocycles. The van der Waals surface area contributed by atoms with Crippen LogP contribution in [0, 0.1) is 6.92 Å². The van der Waals surface area contributed by atoms with Crippen molar-refractivity contribution in [3.63, 3.8) is 0 Å². The first kappa shape index (κ1) is 14.6. The maximum absolute atomic E-state index is 5.51. The molecule has 1 saturated heterocycles. The van der Waals surface area contributed by atoms with Gasteiger partial charge in [0.1, 0.15) is 0 Å². The molecule has 0 atom stereocenters. The Labute approximate surface area is 147 Å². The third-order valence-electron chi connectivity index (χ3n) is 5.07. The number of benzene rings is 2. The predicted octanol–water partition coefficient (Wildman–Crippen LogP) is 4.54. The topological polar surface area (TPSA) is 34.6 Å². The van der Waals surface area contributed by atoms with Gasteiger partial charge in [0.05, 0.1) is 5.52 Å². The molecule has 0 unspecified atom stereocenters. The van der Waals surface area contributed by atoms with Gasteiger partial charge in [0, 0.05) is 29.9 Å². The second-order valence-corrected chi connectivity index (χ2v) is 6.78. The number of hydrogen-bond donors (Lipinski definition) is 0. The Kier molecular flexibility index (Phi) is 3.30. The van der Waals surface area contributed by atoms with Gasteiger partial charge in [-0.15, -0.1) is 0 Å². The van der Waals surface area contributed by atoms with Crippen LogP contribution in [-0.2, 0) is 0 Å². The molecule has 3 aromatic rings. The summed E-state index contributed by atoms with van der Waals surface area (Å²) in [6.07, 6.45) is 2.55. The molecule has 4 heteroatoms. The normalized spacial score (nSPS) is 16.0. The van der Waals surface area contributed by atoms with Crippen LogP contribution in [0.4, 0.5) is 5.69 Å². The molecule has 3 heterocycles. The van der Waals surface area contributed by atoms with Crippen molar-refractivity contribution in [1.82, 2.24) is 4.98 Å². The zero-order valence-electron chi connectivity index (χ0n) is 14.3. The van der Waals surface area contributed by atoms with E-state index >= 15 is 0 Å². The summed E-state index contributed by atoms with van der Waals surface area (Å²) in [5.74, 6) is 1.63. The molecule has 4 nitrogen and oxygen atoms in total. The zero-order chi connectivity index (χ0) is 16.8. The molecule has 0 radical (unpaired) electrons. The van der Waals surface area contributed by atoms with E-state index in [1.807, 2.05) is 12.1 Å². The van der Waals surface area contributed by atoms with Crippen LogP contribution < -0.4 is 14.4 Å². The minimum atomic E-state index is 0.302. The van der Waals surface area contributed by atoms with Gasteiger partial charge in [0.25, 0.3) is 0 Å². The number of rotatable bonds is 2. The standard InChI is InChI=1S/C21H20N2O2/c1-14-10-19(23-8-2-3-9-23)17-6-4-15(11-18(17)22-14)16-5-7-20-21(12-16)25-13-24-20/h4-7,10-12H,2-3,8-9,13H2,1H3. The van der Waals surface area contributed by atoms with Crippen LogP contribution >= 0.6 is 0 Å². The second-order valence-electron chi connectivity index (χ2n) is 6.78. The highest BCUT2D eigenvalue weighted by Gasteiger charge is 2.17. The van der Waals surface area contributed by atoms with Crippen molar-refractivity contribution in [3.8, 4) is 22.6 Å². The monoisotopic (exact) mass is 332 g/mol. The van der Waals surface area contributed by atoms with E-state index in [1.54, 1.807) is 0 Å². The molecule has 0 spiro atoms. The molecule has 2 aliphatic heterocycles. The van der Waals surface area contributed by atoms with Gasteiger partial charge < -0.3 is 14.4 Å². The van der Waals surface area contributed by atoms with E-state index in [0.717, 1.165) is 46.9 Å². The van der Waals surface area contributed by atoms with E-state index in [-0.39, 0.29) is 0 Å². The van der Waals surface area contributed by atoms with Crippen LogP contribution in [0.2, 0.25) is 0 Å². The third-order valence-corrected chi connectivity index (χ3v) is 5.07. The molecular formula is C21H20N2O2. The van der Waals surface area contributed by atoms with Crippen molar-refractivity contribution in [2.75, 3.05) is 24.8 Å². The summed E-state index contributed by atoms with van der Waals surface area (Å²) in [7, 11) is 0. The average Bonchev–Trinajstić information content (AvgIpc) is 3.31. The number of aromatic nitrogens is 1. The molecule has 2 aliphatic rings. The van der Waals surface area contributed by atoms with Crippen LogP contribution in [-0.4, -0.2) is 24.9 Å². The first-order valence-electron chi connectivity index (χ1n) is 8.84. The third kappa shape index (κ3) is 2.49. The van der Waals surface area contributed by atoms with Crippen molar-refractivity contribution in [1.29, 1.82) is 0 Å². The van der Waals surface area contributed by atoms with Crippen molar-refractivity contribution < 1.29 is 9.47 Å². The maximum Gasteiger partial charge on any atom is 0.231 e. The number of aryl methyl sites for hydroxylation is 1. The van der Waals surface area contributed by atoms with Gasteiger partial charge in [-0.25, -0.2) is 0 Å². The van der Waals surface area contributed by atoms with Gasteiger partial charge in [-0.1, -0.05) is 18.2 Å². The number of nitrogens with zero attached hydrogens (tertiary/aromatic N) is 2. The summed E-state index contributed by atoms with van der Waals surface area (Å²) in [4.78, 5) is 7.27. The highest BCUT2D eigenvalue weighted by Crippen LogP contribution is 2.37. The van der Waals surface area contributed by atoms with E-state index in [9.17, 15) is 0 Å². The van der Waals surface area contributed by atoms with Gasteiger partial charge in [-0.05, 0) is 55.2 Å². The number of anilines is 1. The molecule has 2 aromatic carbocycles. The molecular weight excluding hydrogens is 312 g/mol. The zero-order valence-corrected chi connectivity index (χ0v) is 14.3. The summed E-state index contributed by atoms with van der Waals surface area (Å²) in [5.41, 5.74) is 5.71. The lowest BCUT2D eigenvalue weighted by Gasteiger charge is -2.20. The Hall–Kier alpha value is -2.75. The Morgan fingerprint density at radius 2 is 1.64 bits per heavy atom. The highest BCUT2D eigenvalue weighted by molar-refractivity contribution is 5.94. The molecule has 126 valence electrons. The van der Waals surface area contributed by atoms with E-state index < -0.39 is 0 Å². The van der Waals surface area contributed by atoms with Crippen molar-refractivity contribution >= 4 is 16.6 Å². The van der Waals surface area contributed by atoms with Crippen molar-refractivity contribution in [2.24, 2.45) is 0 Å². The lowest BCUT2D eigenvalue weighted by atomic mass is 10.0. The number of ether oxygens (including phenoxy) is 2. The smallest absolute Gasteiger partial charge is 0.231 e.